The van der Waals surface area contributed by atoms with Crippen molar-refractivity contribution in [1.29, 1.82) is 0 Å². The molecule has 0 spiro atoms. The molecule has 0 bridgehead atoms. The van der Waals surface area contributed by atoms with E-state index in [1.165, 1.54) is 5.39 Å². The lowest BCUT2D eigenvalue weighted by atomic mass is 10.1. The van der Waals surface area contributed by atoms with Crippen molar-refractivity contribution in [1.82, 2.24) is 9.55 Å². The Hall–Kier alpha value is -5.81. The van der Waals surface area contributed by atoms with Crippen molar-refractivity contribution in [2.24, 2.45) is 0 Å². The largest absolute Gasteiger partial charge is 0.456 e. The summed E-state index contributed by atoms with van der Waals surface area (Å²) in [6.45, 7) is 0. The van der Waals surface area contributed by atoms with Gasteiger partial charge in [0.15, 0.2) is 11.2 Å². The predicted molar refractivity (Wildman–Crippen MR) is 168 cm³/mol. The normalized spacial score (nSPS) is 12.3. The highest BCUT2D eigenvalue weighted by Crippen LogP contribution is 2.42. The third kappa shape index (κ3) is 2.84. The van der Waals surface area contributed by atoms with E-state index in [1.54, 1.807) is 0 Å². The molecule has 0 unspecified atom stereocenters. The minimum Gasteiger partial charge on any atom is -0.456 e. The molecule has 196 valence electrons. The van der Waals surface area contributed by atoms with Crippen molar-refractivity contribution in [3.8, 4) is 17.1 Å². The van der Waals surface area contributed by atoms with Crippen LogP contribution in [0.15, 0.2) is 135 Å². The Bertz CT molecular complexity index is 2670. The van der Waals surface area contributed by atoms with Gasteiger partial charge in [0.2, 0.25) is 5.89 Å². The molecule has 5 nitrogen and oxygen atoms in total. The molecular weight excluding hydrogens is 520 g/mol. The molecule has 0 aliphatic rings. The van der Waals surface area contributed by atoms with Gasteiger partial charge in [0, 0.05) is 43.6 Å². The molecule has 0 radical (unpaired) electrons. The number of nitrogens with zero attached hydrogens (tertiary/aromatic N) is 2. The number of furan rings is 2. The van der Waals surface area contributed by atoms with Gasteiger partial charge in [-0.1, -0.05) is 60.7 Å². The molecule has 5 heteroatoms. The third-order valence-electron chi connectivity index (χ3n) is 8.44. The van der Waals surface area contributed by atoms with Crippen LogP contribution in [-0.4, -0.2) is 9.55 Å². The molecule has 0 aliphatic carbocycles. The summed E-state index contributed by atoms with van der Waals surface area (Å²) in [5.41, 5.74) is 9.07. The third-order valence-corrected chi connectivity index (χ3v) is 8.44. The second kappa shape index (κ2) is 7.89. The lowest BCUT2D eigenvalue weighted by Crippen LogP contribution is -1.94. The number of aromatic nitrogens is 2. The number of hydrogen-bond acceptors (Lipinski definition) is 4. The summed E-state index contributed by atoms with van der Waals surface area (Å²) >= 11 is 0. The minimum absolute atomic E-state index is 0.579. The molecular formula is C37H20N2O3. The van der Waals surface area contributed by atoms with Crippen LogP contribution < -0.4 is 0 Å². The molecule has 0 atom stereocenters. The fourth-order valence-corrected chi connectivity index (χ4v) is 6.62. The highest BCUT2D eigenvalue weighted by Gasteiger charge is 2.21. The van der Waals surface area contributed by atoms with E-state index in [4.69, 9.17) is 18.2 Å². The summed E-state index contributed by atoms with van der Waals surface area (Å²) in [6.07, 6.45) is 0. The second-order valence-electron chi connectivity index (χ2n) is 10.7. The van der Waals surface area contributed by atoms with Gasteiger partial charge >= 0.3 is 0 Å². The van der Waals surface area contributed by atoms with E-state index < -0.39 is 0 Å². The number of fused-ring (bicyclic) bond motifs is 11. The van der Waals surface area contributed by atoms with Crippen LogP contribution in [-0.2, 0) is 0 Å². The van der Waals surface area contributed by atoms with E-state index in [2.05, 4.69) is 71.3 Å². The maximum atomic E-state index is 6.55. The average Bonchev–Trinajstić information content (AvgIpc) is 3.80. The van der Waals surface area contributed by atoms with Gasteiger partial charge in [-0.15, -0.1) is 0 Å². The van der Waals surface area contributed by atoms with Crippen molar-refractivity contribution in [3.63, 3.8) is 0 Å². The quantitative estimate of drug-likeness (QED) is 0.219. The van der Waals surface area contributed by atoms with Crippen molar-refractivity contribution < 1.29 is 13.3 Å². The Balaban J connectivity index is 1.31. The van der Waals surface area contributed by atoms with Crippen molar-refractivity contribution >= 4 is 76.8 Å². The lowest BCUT2D eigenvalue weighted by molar-refractivity contribution is 0.620. The molecule has 0 saturated carbocycles. The molecule has 0 fully saturated rings. The molecule has 10 rings (SSSR count). The maximum absolute atomic E-state index is 6.55. The molecule has 10 aromatic rings. The molecule has 6 aromatic carbocycles. The summed E-state index contributed by atoms with van der Waals surface area (Å²) in [4.78, 5) is 4.80. The monoisotopic (exact) mass is 540 g/mol. The zero-order valence-electron chi connectivity index (χ0n) is 22.2. The summed E-state index contributed by atoms with van der Waals surface area (Å²) in [5.74, 6) is 0.579. The highest BCUT2D eigenvalue weighted by molar-refractivity contribution is 6.22. The van der Waals surface area contributed by atoms with E-state index >= 15 is 0 Å². The number of para-hydroxylation sites is 4. The number of rotatable bonds is 2. The Kier molecular flexibility index (Phi) is 4.12. The zero-order valence-corrected chi connectivity index (χ0v) is 22.2. The molecule has 0 N–H and O–H groups in total. The second-order valence-corrected chi connectivity index (χ2v) is 10.7. The Morgan fingerprint density at radius 2 is 1.26 bits per heavy atom. The van der Waals surface area contributed by atoms with Gasteiger partial charge in [0.25, 0.3) is 0 Å². The van der Waals surface area contributed by atoms with Gasteiger partial charge in [-0.3, -0.25) is 0 Å². The first kappa shape index (κ1) is 21.9. The van der Waals surface area contributed by atoms with Crippen LogP contribution in [0.25, 0.3) is 93.9 Å². The SMILES string of the molecule is c1ccc2oc(-c3cccc4oc5ccc(-n6c7ccccc7c7ccc8c9ccccc9oc8c76)cc5c34)nc2c1. The molecule has 4 aromatic heterocycles. The first-order chi connectivity index (χ1) is 20.8. The van der Waals surface area contributed by atoms with Crippen molar-refractivity contribution in [2.45, 2.75) is 0 Å². The number of benzene rings is 6. The van der Waals surface area contributed by atoms with Crippen molar-refractivity contribution in [2.75, 3.05) is 0 Å². The molecule has 42 heavy (non-hydrogen) atoms. The number of hydrogen-bond donors (Lipinski definition) is 0. The average molecular weight is 541 g/mol. The van der Waals surface area contributed by atoms with Gasteiger partial charge in [-0.05, 0) is 60.7 Å². The smallest absolute Gasteiger partial charge is 0.228 e. The Morgan fingerprint density at radius 3 is 2.19 bits per heavy atom. The lowest BCUT2D eigenvalue weighted by Gasteiger charge is -2.08. The standard InChI is InChI=1S/C37H20N2O3/c1-4-12-29-22(8-1)24-17-18-25-23-9-2-5-13-30(23)41-36(25)35(24)39(29)21-16-19-31-27(20-21)34-26(10-7-15-33(34)40-31)37-38-28-11-3-6-14-32(28)42-37/h1-20H. The van der Waals surface area contributed by atoms with Crippen LogP contribution in [0, 0.1) is 0 Å². The van der Waals surface area contributed by atoms with E-state index in [0.29, 0.717) is 5.89 Å². The molecule has 0 amide bonds. The van der Waals surface area contributed by atoms with Crippen LogP contribution in [0.3, 0.4) is 0 Å². The summed E-state index contributed by atoms with van der Waals surface area (Å²) in [5, 5.41) is 6.54. The van der Waals surface area contributed by atoms with Crippen LogP contribution in [0.1, 0.15) is 0 Å². The van der Waals surface area contributed by atoms with Gasteiger partial charge in [0.1, 0.15) is 22.3 Å². The molecule has 0 saturated heterocycles. The van der Waals surface area contributed by atoms with E-state index in [1.807, 2.05) is 54.6 Å². The first-order valence-corrected chi connectivity index (χ1v) is 14.0. The summed E-state index contributed by atoms with van der Waals surface area (Å²) in [6, 6.07) is 41.4. The molecule has 4 heterocycles. The van der Waals surface area contributed by atoms with Crippen LogP contribution in [0.4, 0.5) is 0 Å². The van der Waals surface area contributed by atoms with Crippen LogP contribution >= 0.6 is 0 Å². The fraction of sp³-hybridized carbons (Fsp3) is 0. The van der Waals surface area contributed by atoms with E-state index in [0.717, 1.165) is 82.6 Å². The van der Waals surface area contributed by atoms with Crippen molar-refractivity contribution in [3.05, 3.63) is 121 Å². The van der Waals surface area contributed by atoms with Gasteiger partial charge in [-0.25, -0.2) is 4.98 Å². The molecule has 0 aliphatic heterocycles. The Labute approximate surface area is 237 Å². The van der Waals surface area contributed by atoms with Gasteiger partial charge in [0.05, 0.1) is 11.0 Å². The fourth-order valence-electron chi connectivity index (χ4n) is 6.62. The first-order valence-electron chi connectivity index (χ1n) is 14.0. The highest BCUT2D eigenvalue weighted by atomic mass is 16.4. The summed E-state index contributed by atoms with van der Waals surface area (Å²) in [7, 11) is 0. The number of oxazole rings is 1. The Morgan fingerprint density at radius 1 is 0.500 bits per heavy atom. The van der Waals surface area contributed by atoms with Gasteiger partial charge in [-0.2, -0.15) is 0 Å². The topological polar surface area (TPSA) is 57.2 Å². The maximum Gasteiger partial charge on any atom is 0.228 e. The van der Waals surface area contributed by atoms with Crippen LogP contribution in [0.2, 0.25) is 0 Å². The predicted octanol–water partition coefficient (Wildman–Crippen LogP) is 10.4. The van der Waals surface area contributed by atoms with E-state index in [-0.39, 0.29) is 0 Å². The summed E-state index contributed by atoms with van der Waals surface area (Å²) < 4.78 is 21.4. The zero-order chi connectivity index (χ0) is 27.4. The van der Waals surface area contributed by atoms with Crippen LogP contribution in [0.5, 0.6) is 0 Å². The minimum atomic E-state index is 0.579. The van der Waals surface area contributed by atoms with E-state index in [9.17, 15) is 0 Å². The van der Waals surface area contributed by atoms with Gasteiger partial charge < -0.3 is 17.8 Å².